The van der Waals surface area contributed by atoms with Crippen molar-refractivity contribution >= 4 is 18.3 Å². The van der Waals surface area contributed by atoms with E-state index in [1.165, 1.54) is 0 Å². The molecule has 16 heavy (non-hydrogen) atoms. The lowest BCUT2D eigenvalue weighted by Crippen LogP contribution is -2.18. The standard InChI is InChI=1S/C11H16N2O2.ClH/c1-3-10-8(6-15-11(10)14)4-9-5-12-7-13(9)2;/h5,7-8,10H,3-4,6H2,1-2H3;1H/t8-,10-;/m0./s1/i/hD. The summed E-state index contributed by atoms with van der Waals surface area (Å²) < 4.78 is 12.3. The fourth-order valence-electron chi connectivity index (χ4n) is 2.16. The van der Waals surface area contributed by atoms with E-state index in [4.69, 9.17) is 5.91 Å². The molecule has 1 aromatic rings. The number of aromatic nitrogens is 2. The molecule has 0 spiro atoms. The first kappa shape index (κ1) is 11.5. The molecule has 90 valence electrons. The molecule has 1 aromatic heterocycles. The number of hydrogen-bond acceptors (Lipinski definition) is 3. The van der Waals surface area contributed by atoms with Gasteiger partial charge in [-0.3, -0.25) is 4.79 Å². The second-order valence-corrected chi connectivity index (χ2v) is 4.10. The highest BCUT2D eigenvalue weighted by Crippen LogP contribution is 2.27. The van der Waals surface area contributed by atoms with Crippen LogP contribution in [-0.4, -0.2) is 23.3 Å². The molecule has 0 aromatic carbocycles. The molecule has 0 radical (unpaired) electrons. The zero-order chi connectivity index (χ0) is 12.8. The minimum absolute atomic E-state index is 0.0373. The fourth-order valence-corrected chi connectivity index (χ4v) is 2.16. The van der Waals surface area contributed by atoms with Gasteiger partial charge in [-0.1, -0.05) is 6.92 Å². The molecule has 4 nitrogen and oxygen atoms in total. The van der Waals surface area contributed by atoms with Gasteiger partial charge in [-0.2, -0.15) is 0 Å². The summed E-state index contributed by atoms with van der Waals surface area (Å²) in [6.45, 7) is 2.59. The Morgan fingerprint density at radius 1 is 1.75 bits per heavy atom. The lowest BCUT2D eigenvalue weighted by atomic mass is 9.89. The van der Waals surface area contributed by atoms with E-state index in [0.29, 0.717) is 12.5 Å². The second-order valence-electron chi connectivity index (χ2n) is 4.10. The number of rotatable bonds is 3. The number of carbonyl (C=O) groups is 1. The van der Waals surface area contributed by atoms with Gasteiger partial charge in [0.2, 0.25) is 0 Å². The maximum absolute atomic E-state index is 11.4. The van der Waals surface area contributed by atoms with Gasteiger partial charge < -0.3 is 9.30 Å². The molecule has 0 N–H and O–H groups in total. The number of ether oxygens (including phenoxy) is 1. The van der Waals surface area contributed by atoms with Crippen molar-refractivity contribution in [3.63, 3.8) is 0 Å². The molecular weight excluding hydrogens is 228 g/mol. The van der Waals surface area contributed by atoms with E-state index in [2.05, 4.69) is 17.3 Å². The van der Waals surface area contributed by atoms with Crippen LogP contribution in [0.15, 0.2) is 12.5 Å². The summed E-state index contributed by atoms with van der Waals surface area (Å²) in [4.78, 5) is 15.5. The molecule has 0 aliphatic carbocycles. The maximum Gasteiger partial charge on any atom is 0.309 e. The first-order valence-electron chi connectivity index (χ1n) is 5.72. The van der Waals surface area contributed by atoms with Crippen LogP contribution in [0.2, 0.25) is 0 Å². The summed E-state index contributed by atoms with van der Waals surface area (Å²) in [6.07, 6.45) is 5.38. The van der Waals surface area contributed by atoms with Crippen molar-refractivity contribution in [1.29, 1.82) is 1.17 Å². The molecule has 1 aliphatic rings. The third-order valence-corrected chi connectivity index (χ3v) is 3.14. The monoisotopic (exact) mass is 245 g/mol. The van der Waals surface area contributed by atoms with Crippen molar-refractivity contribution in [1.82, 2.24) is 9.55 Å². The highest BCUT2D eigenvalue weighted by atomic mass is 35.5. The van der Waals surface area contributed by atoms with Gasteiger partial charge in [-0.05, 0) is 12.8 Å². The number of halogens is 1. The van der Waals surface area contributed by atoms with Gasteiger partial charge >= 0.3 is 5.97 Å². The largest absolute Gasteiger partial charge is 0.465 e. The van der Waals surface area contributed by atoms with Crippen LogP contribution < -0.4 is 0 Å². The molecule has 1 saturated heterocycles. The lowest BCUT2D eigenvalue weighted by molar-refractivity contribution is -0.141. The van der Waals surface area contributed by atoms with E-state index < -0.39 is 0 Å². The first-order valence-corrected chi connectivity index (χ1v) is 5.34. The molecule has 0 bridgehead atoms. The quantitative estimate of drug-likeness (QED) is 0.760. The molecule has 5 heteroatoms. The van der Waals surface area contributed by atoms with Crippen molar-refractivity contribution in [2.45, 2.75) is 19.8 Å². The van der Waals surface area contributed by atoms with Gasteiger partial charge in [0.25, 0.3) is 0 Å². The van der Waals surface area contributed by atoms with Gasteiger partial charge in [0.15, 0.2) is 0 Å². The van der Waals surface area contributed by atoms with Gasteiger partial charge in [0.05, 0.1) is 18.9 Å². The number of imidazole rings is 1. The van der Waals surface area contributed by atoms with E-state index >= 15 is 0 Å². The number of cyclic esters (lactones) is 1. The lowest BCUT2D eigenvalue weighted by Gasteiger charge is -2.12. The third kappa shape index (κ3) is 2.38. The number of nitrogens with zero attached hydrogens (tertiary/aromatic N) is 2. The average molecular weight is 246 g/mol. The Balaban J connectivity index is 0.000000686. The van der Waals surface area contributed by atoms with Crippen molar-refractivity contribution in [3.8, 4) is 0 Å². The van der Waals surface area contributed by atoms with Crippen LogP contribution in [0.1, 0.15) is 19.0 Å². The van der Waals surface area contributed by atoms with Crippen LogP contribution in [0, 0.1) is 11.8 Å². The SMILES string of the molecule is CC[C@@H]1C(=O)OC[C@@H]1Cc1cncn1C.[2H]Cl. The normalized spacial score (nSPS) is 24.4. The Labute approximate surface area is 103 Å². The van der Waals surface area contributed by atoms with Crippen LogP contribution >= 0.6 is 12.3 Å². The smallest absolute Gasteiger partial charge is 0.309 e. The first-order chi connectivity index (χ1) is 8.22. The van der Waals surface area contributed by atoms with E-state index in [-0.39, 0.29) is 11.9 Å². The zero-order valence-corrected chi connectivity index (χ0v) is 10.3. The van der Waals surface area contributed by atoms with Crippen LogP contribution in [0.3, 0.4) is 0 Å². The van der Waals surface area contributed by atoms with Gasteiger partial charge in [0.1, 0.15) is 1.17 Å². The molecule has 1 aliphatic heterocycles. The summed E-state index contributed by atoms with van der Waals surface area (Å²) in [5.74, 6) is 0.350. The summed E-state index contributed by atoms with van der Waals surface area (Å²) >= 11 is 3.89. The molecule has 1 fully saturated rings. The summed E-state index contributed by atoms with van der Waals surface area (Å²) in [7, 11) is 1.97. The Morgan fingerprint density at radius 2 is 2.50 bits per heavy atom. The molecule has 0 amide bonds. The van der Waals surface area contributed by atoms with Crippen LogP contribution in [-0.2, 0) is 23.0 Å². The van der Waals surface area contributed by atoms with Crippen molar-refractivity contribution in [2.24, 2.45) is 18.9 Å². The van der Waals surface area contributed by atoms with E-state index in [1.807, 2.05) is 24.7 Å². The van der Waals surface area contributed by atoms with Gasteiger partial charge in [-0.15, -0.1) is 12.3 Å². The minimum Gasteiger partial charge on any atom is -0.465 e. The van der Waals surface area contributed by atoms with Gasteiger partial charge in [-0.25, -0.2) is 4.98 Å². The minimum atomic E-state index is -0.0373. The summed E-state index contributed by atoms with van der Waals surface area (Å²) in [5.41, 5.74) is 1.16. The van der Waals surface area contributed by atoms with Crippen LogP contribution in [0.5, 0.6) is 0 Å². The number of aryl methyl sites for hydroxylation is 1. The molecule has 0 saturated carbocycles. The Bertz CT molecular complexity index is 370. The number of esters is 1. The number of carbonyl (C=O) groups excluding carboxylic acids is 1. The predicted octanol–water partition coefficient (Wildman–Crippen LogP) is 1.58. The van der Waals surface area contributed by atoms with Crippen molar-refractivity contribution in [2.75, 3.05) is 6.61 Å². The fraction of sp³-hybridized carbons (Fsp3) is 0.636. The molecule has 0 unspecified atom stereocenters. The summed E-state index contributed by atoms with van der Waals surface area (Å²) in [6, 6.07) is 0. The van der Waals surface area contributed by atoms with E-state index in [0.717, 1.165) is 18.5 Å². The van der Waals surface area contributed by atoms with E-state index in [1.54, 1.807) is 6.33 Å². The third-order valence-electron chi connectivity index (χ3n) is 3.14. The Kier molecular flexibility index (Phi) is 3.83. The summed E-state index contributed by atoms with van der Waals surface area (Å²) in [5, 5.41) is 0. The second kappa shape index (κ2) is 5.34. The number of hydrogen-bond donors (Lipinski definition) is 0. The van der Waals surface area contributed by atoms with E-state index in [9.17, 15) is 4.79 Å². The predicted molar refractivity (Wildman–Crippen MR) is 62.4 cm³/mol. The van der Waals surface area contributed by atoms with Crippen LogP contribution in [0.4, 0.5) is 0 Å². The Hall–Kier alpha value is -1.03. The van der Waals surface area contributed by atoms with Gasteiger partial charge in [0, 0.05) is 24.9 Å². The molecular formula is C11H17ClN2O2. The molecule has 2 rings (SSSR count). The highest BCUT2D eigenvalue weighted by Gasteiger charge is 2.35. The van der Waals surface area contributed by atoms with Crippen LogP contribution in [0.25, 0.3) is 0 Å². The topological polar surface area (TPSA) is 44.1 Å². The van der Waals surface area contributed by atoms with Crippen molar-refractivity contribution in [3.05, 3.63) is 18.2 Å². The molecule has 2 heterocycles. The maximum atomic E-state index is 11.4. The Morgan fingerprint density at radius 3 is 3.06 bits per heavy atom. The zero-order valence-electron chi connectivity index (χ0n) is 10.5. The molecule has 2 atom stereocenters. The average Bonchev–Trinajstić information content (AvgIpc) is 2.90. The highest BCUT2D eigenvalue weighted by molar-refractivity contribution is 5.85. The van der Waals surface area contributed by atoms with Crippen molar-refractivity contribution < 1.29 is 9.53 Å².